The largest absolute Gasteiger partial charge is 0.411 e. The lowest BCUT2D eigenvalue weighted by atomic mass is 9.95. The molecule has 0 aliphatic carbocycles. The molecule has 2 rings (SSSR count). The lowest BCUT2D eigenvalue weighted by Gasteiger charge is -2.32. The molecule has 1 aromatic rings. The average molecular weight is 310 g/mol. The molecule has 5 nitrogen and oxygen atoms in total. The maximum absolute atomic E-state index is 12.7. The van der Waals surface area contributed by atoms with Crippen molar-refractivity contribution in [1.82, 2.24) is 4.31 Å². The van der Waals surface area contributed by atoms with Crippen molar-refractivity contribution in [1.29, 1.82) is 0 Å². The number of hydrogen-bond acceptors (Lipinski definition) is 4. The van der Waals surface area contributed by atoms with E-state index in [-0.39, 0.29) is 5.92 Å². The first-order valence-corrected chi connectivity index (χ1v) is 8.62. The highest BCUT2D eigenvalue weighted by Gasteiger charge is 2.33. The minimum atomic E-state index is -3.48. The van der Waals surface area contributed by atoms with E-state index < -0.39 is 10.0 Å². The molecule has 0 radical (unpaired) electrons. The topological polar surface area (TPSA) is 70.0 Å². The first-order valence-electron chi connectivity index (χ1n) is 7.18. The lowest BCUT2D eigenvalue weighted by Crippen LogP contribution is -2.43. The van der Waals surface area contributed by atoms with E-state index in [1.165, 1.54) is 4.31 Å². The van der Waals surface area contributed by atoms with E-state index in [0.29, 0.717) is 30.1 Å². The van der Waals surface area contributed by atoms with Gasteiger partial charge in [0.25, 0.3) is 0 Å². The summed E-state index contributed by atoms with van der Waals surface area (Å²) in [5, 5.41) is 12.3. The standard InChI is InChI=1S/C15H22N2O3S/c1-4-13-10-17(8-7-15(13)16-18)21(19,20)14-6-5-11(2)12(3)9-14/h5-6,9,13,18H,4,7-8,10H2,1-3H3/b16-15+. The van der Waals surface area contributed by atoms with Crippen LogP contribution >= 0.6 is 0 Å². The van der Waals surface area contributed by atoms with Gasteiger partial charge in [-0.3, -0.25) is 0 Å². The van der Waals surface area contributed by atoms with Crippen molar-refractivity contribution in [3.8, 4) is 0 Å². The Hall–Kier alpha value is -1.40. The Morgan fingerprint density at radius 2 is 2.05 bits per heavy atom. The third kappa shape index (κ3) is 3.11. The van der Waals surface area contributed by atoms with Gasteiger partial charge in [-0.25, -0.2) is 8.42 Å². The van der Waals surface area contributed by atoms with Crippen LogP contribution in [0.3, 0.4) is 0 Å². The minimum Gasteiger partial charge on any atom is -0.411 e. The van der Waals surface area contributed by atoms with E-state index in [2.05, 4.69) is 5.16 Å². The van der Waals surface area contributed by atoms with Crippen LogP contribution in [0.5, 0.6) is 0 Å². The number of aryl methyl sites for hydroxylation is 2. The molecule has 21 heavy (non-hydrogen) atoms. The molecule has 1 aromatic carbocycles. The molecule has 1 saturated heterocycles. The molecule has 1 fully saturated rings. The number of hydrogen-bond donors (Lipinski definition) is 1. The van der Waals surface area contributed by atoms with Gasteiger partial charge >= 0.3 is 0 Å². The van der Waals surface area contributed by atoms with E-state index >= 15 is 0 Å². The number of nitrogens with zero attached hydrogens (tertiary/aromatic N) is 2. The van der Waals surface area contributed by atoms with Gasteiger partial charge in [-0.1, -0.05) is 18.1 Å². The van der Waals surface area contributed by atoms with E-state index in [1.54, 1.807) is 12.1 Å². The molecule has 0 amide bonds. The maximum Gasteiger partial charge on any atom is 0.243 e. The number of rotatable bonds is 3. The van der Waals surface area contributed by atoms with Gasteiger partial charge in [-0.15, -0.1) is 0 Å². The second kappa shape index (κ2) is 6.15. The summed E-state index contributed by atoms with van der Waals surface area (Å²) in [5.41, 5.74) is 2.75. The summed E-state index contributed by atoms with van der Waals surface area (Å²) in [7, 11) is -3.48. The monoisotopic (exact) mass is 310 g/mol. The van der Waals surface area contributed by atoms with Gasteiger partial charge in [0.2, 0.25) is 10.0 Å². The molecule has 1 aliphatic rings. The molecule has 1 aliphatic heterocycles. The van der Waals surface area contributed by atoms with Crippen LogP contribution in [0.2, 0.25) is 0 Å². The molecule has 116 valence electrons. The summed E-state index contributed by atoms with van der Waals surface area (Å²) in [4.78, 5) is 0.338. The zero-order valence-electron chi connectivity index (χ0n) is 12.7. The van der Waals surface area contributed by atoms with E-state index in [9.17, 15) is 8.42 Å². The van der Waals surface area contributed by atoms with Crippen LogP contribution in [0.25, 0.3) is 0 Å². The molecule has 1 unspecified atom stereocenters. The summed E-state index contributed by atoms with van der Waals surface area (Å²) >= 11 is 0. The SMILES string of the molecule is CCC1CN(S(=O)(=O)c2ccc(C)c(C)c2)CC/C1=N\O. The van der Waals surface area contributed by atoms with Gasteiger partial charge in [-0.05, 0) is 43.5 Å². The second-order valence-electron chi connectivity index (χ2n) is 5.56. The van der Waals surface area contributed by atoms with Crippen molar-refractivity contribution < 1.29 is 13.6 Å². The van der Waals surface area contributed by atoms with Crippen LogP contribution < -0.4 is 0 Å². The lowest BCUT2D eigenvalue weighted by molar-refractivity contribution is 0.295. The van der Waals surface area contributed by atoms with Gasteiger partial charge in [0.1, 0.15) is 0 Å². The Morgan fingerprint density at radius 3 is 2.62 bits per heavy atom. The van der Waals surface area contributed by atoms with Crippen LogP contribution in [0.15, 0.2) is 28.3 Å². The molecule has 1 N–H and O–H groups in total. The summed E-state index contributed by atoms with van der Waals surface area (Å²) in [6, 6.07) is 5.22. The first-order chi connectivity index (χ1) is 9.90. The smallest absolute Gasteiger partial charge is 0.243 e. The highest BCUT2D eigenvalue weighted by molar-refractivity contribution is 7.89. The zero-order chi connectivity index (χ0) is 15.6. The van der Waals surface area contributed by atoms with Crippen LogP contribution in [0.4, 0.5) is 0 Å². The zero-order valence-corrected chi connectivity index (χ0v) is 13.5. The van der Waals surface area contributed by atoms with Crippen molar-refractivity contribution in [2.75, 3.05) is 13.1 Å². The van der Waals surface area contributed by atoms with Gasteiger partial charge in [-0.2, -0.15) is 4.31 Å². The quantitative estimate of drug-likeness (QED) is 0.689. The van der Waals surface area contributed by atoms with Crippen molar-refractivity contribution in [2.45, 2.75) is 38.5 Å². The summed E-state index contributed by atoms with van der Waals surface area (Å²) in [5.74, 6) is -0.00919. The van der Waals surface area contributed by atoms with E-state index in [4.69, 9.17) is 5.21 Å². The van der Waals surface area contributed by atoms with E-state index in [1.807, 2.05) is 26.8 Å². The Morgan fingerprint density at radius 1 is 1.33 bits per heavy atom. The molecule has 0 aromatic heterocycles. The molecule has 6 heteroatoms. The number of piperidine rings is 1. The third-order valence-corrected chi connectivity index (χ3v) is 6.11. The van der Waals surface area contributed by atoms with Crippen LogP contribution in [-0.2, 0) is 10.0 Å². The van der Waals surface area contributed by atoms with Gasteiger partial charge in [0, 0.05) is 25.4 Å². The molecule has 0 saturated carbocycles. The average Bonchev–Trinajstić information content (AvgIpc) is 2.49. The summed E-state index contributed by atoms with van der Waals surface area (Å²) in [6.45, 7) is 6.60. The van der Waals surface area contributed by atoms with Gasteiger partial charge in [0.15, 0.2) is 0 Å². The van der Waals surface area contributed by atoms with Crippen LogP contribution in [-0.4, -0.2) is 36.7 Å². The number of oxime groups is 1. The second-order valence-corrected chi connectivity index (χ2v) is 7.49. The summed E-state index contributed by atoms with van der Waals surface area (Å²) < 4.78 is 27.0. The molecule has 1 atom stereocenters. The Labute approximate surface area is 126 Å². The minimum absolute atomic E-state index is 0.00919. The predicted octanol–water partition coefficient (Wildman–Crippen LogP) is 2.55. The van der Waals surface area contributed by atoms with Crippen molar-refractivity contribution in [2.24, 2.45) is 11.1 Å². The Bertz CT molecular complexity index is 653. The number of sulfonamides is 1. The van der Waals surface area contributed by atoms with Gasteiger partial charge < -0.3 is 5.21 Å². The fourth-order valence-electron chi connectivity index (χ4n) is 2.62. The molecular formula is C15H22N2O3S. The number of benzene rings is 1. The molecule has 0 bridgehead atoms. The summed E-state index contributed by atoms with van der Waals surface area (Å²) in [6.07, 6.45) is 1.25. The Kier molecular flexibility index (Phi) is 4.68. The first kappa shape index (κ1) is 16.0. The maximum atomic E-state index is 12.7. The normalized spacial score (nSPS) is 22.6. The molecular weight excluding hydrogens is 288 g/mol. The highest BCUT2D eigenvalue weighted by Crippen LogP contribution is 2.25. The highest BCUT2D eigenvalue weighted by atomic mass is 32.2. The molecule has 1 heterocycles. The Balaban J connectivity index is 2.30. The fraction of sp³-hybridized carbons (Fsp3) is 0.533. The fourth-order valence-corrected chi connectivity index (χ4v) is 4.20. The van der Waals surface area contributed by atoms with Crippen molar-refractivity contribution >= 4 is 15.7 Å². The third-order valence-electron chi connectivity index (χ3n) is 4.25. The van der Waals surface area contributed by atoms with Gasteiger partial charge in [0.05, 0.1) is 10.6 Å². The predicted molar refractivity (Wildman–Crippen MR) is 82.3 cm³/mol. The van der Waals surface area contributed by atoms with Crippen molar-refractivity contribution in [3.63, 3.8) is 0 Å². The van der Waals surface area contributed by atoms with Crippen LogP contribution in [0, 0.1) is 19.8 Å². The van der Waals surface area contributed by atoms with Crippen LogP contribution in [0.1, 0.15) is 30.9 Å². The van der Waals surface area contributed by atoms with E-state index in [0.717, 1.165) is 17.5 Å². The molecule has 0 spiro atoms. The van der Waals surface area contributed by atoms with Crippen molar-refractivity contribution in [3.05, 3.63) is 29.3 Å².